The normalized spacial score (nSPS) is 9.87. The first-order valence-corrected chi connectivity index (χ1v) is 4.02. The Bertz CT molecular complexity index is 436. The predicted octanol–water partition coefficient (Wildman–Crippen LogP) is 2.31. The molecule has 0 unspecified atom stereocenters. The highest BCUT2D eigenvalue weighted by Gasteiger charge is 2.10. The molecule has 0 fully saturated rings. The predicted molar refractivity (Wildman–Crippen MR) is 53.9 cm³/mol. The lowest BCUT2D eigenvalue weighted by atomic mass is 10.2. The number of hydrogen-bond acceptors (Lipinski definition) is 4. The minimum atomic E-state index is -0.562. The molecule has 0 aromatic carbocycles. The van der Waals surface area contributed by atoms with Crippen LogP contribution in [0.1, 0.15) is 5.56 Å². The van der Waals surface area contributed by atoms with Gasteiger partial charge in [0.25, 0.3) is 0 Å². The van der Waals surface area contributed by atoms with Crippen molar-refractivity contribution in [2.45, 2.75) is 0 Å². The monoisotopic (exact) mass is 205 g/mol. The standard InChI is InChI=1S/C8H7N5O2/c9-12-11-6-2-4-7-3-1-5-10-8(7)13(14)15/h1-5H,6H2. The molecule has 1 aromatic heterocycles. The molecule has 0 radical (unpaired) electrons. The molecule has 0 spiro atoms. The van der Waals surface area contributed by atoms with Crippen molar-refractivity contribution in [3.63, 3.8) is 0 Å². The second-order valence-corrected chi connectivity index (χ2v) is 2.49. The van der Waals surface area contributed by atoms with Crippen LogP contribution in [0.4, 0.5) is 5.82 Å². The fourth-order valence-corrected chi connectivity index (χ4v) is 0.955. The Hall–Kier alpha value is -2.40. The molecular weight excluding hydrogens is 198 g/mol. The zero-order valence-corrected chi connectivity index (χ0v) is 7.65. The third-order valence-electron chi connectivity index (χ3n) is 1.54. The minimum absolute atomic E-state index is 0.155. The van der Waals surface area contributed by atoms with E-state index in [1.807, 2.05) is 0 Å². The first kappa shape index (κ1) is 10.7. The van der Waals surface area contributed by atoms with Gasteiger partial charge in [-0.2, -0.15) is 0 Å². The van der Waals surface area contributed by atoms with Crippen molar-refractivity contribution in [3.8, 4) is 0 Å². The average molecular weight is 205 g/mol. The van der Waals surface area contributed by atoms with Gasteiger partial charge in [0.2, 0.25) is 0 Å². The van der Waals surface area contributed by atoms with Crippen LogP contribution >= 0.6 is 0 Å². The summed E-state index contributed by atoms with van der Waals surface area (Å²) in [5, 5.41) is 13.8. The molecule has 1 aromatic rings. The molecule has 0 saturated heterocycles. The van der Waals surface area contributed by atoms with Gasteiger partial charge in [0.15, 0.2) is 0 Å². The maximum Gasteiger partial charge on any atom is 0.370 e. The number of nitro groups is 1. The molecule has 7 heteroatoms. The molecule has 1 rings (SSSR count). The topological polar surface area (TPSA) is 105 Å². The number of aromatic nitrogens is 1. The lowest BCUT2D eigenvalue weighted by Gasteiger charge is -1.95. The summed E-state index contributed by atoms with van der Waals surface area (Å²) in [6.07, 6.45) is 4.38. The van der Waals surface area contributed by atoms with Gasteiger partial charge in [-0.3, -0.25) is 0 Å². The van der Waals surface area contributed by atoms with E-state index in [1.54, 1.807) is 12.1 Å². The SMILES string of the molecule is [N-]=[N+]=NCC=Cc1cccnc1[N+](=O)[O-]. The van der Waals surface area contributed by atoms with Crippen LogP contribution in [0, 0.1) is 10.1 Å². The smallest absolute Gasteiger partial charge is 0.358 e. The second kappa shape index (κ2) is 5.36. The van der Waals surface area contributed by atoms with Gasteiger partial charge in [-0.1, -0.05) is 17.3 Å². The molecular formula is C8H7N5O2. The van der Waals surface area contributed by atoms with E-state index in [2.05, 4.69) is 15.0 Å². The third-order valence-corrected chi connectivity index (χ3v) is 1.54. The van der Waals surface area contributed by atoms with E-state index in [4.69, 9.17) is 5.53 Å². The highest BCUT2D eigenvalue weighted by Crippen LogP contribution is 2.15. The van der Waals surface area contributed by atoms with E-state index >= 15 is 0 Å². The molecule has 0 aliphatic rings. The largest absolute Gasteiger partial charge is 0.370 e. The Labute approximate surface area is 84.8 Å². The Kier molecular flexibility index (Phi) is 3.81. The maximum absolute atomic E-state index is 10.5. The van der Waals surface area contributed by atoms with Crippen molar-refractivity contribution in [2.75, 3.05) is 6.54 Å². The lowest BCUT2D eigenvalue weighted by Crippen LogP contribution is -1.94. The highest BCUT2D eigenvalue weighted by molar-refractivity contribution is 5.57. The van der Waals surface area contributed by atoms with E-state index < -0.39 is 4.92 Å². The summed E-state index contributed by atoms with van der Waals surface area (Å²) >= 11 is 0. The highest BCUT2D eigenvalue weighted by atomic mass is 16.6. The molecule has 0 atom stereocenters. The molecule has 0 saturated carbocycles. The van der Waals surface area contributed by atoms with Crippen LogP contribution in [0.15, 0.2) is 29.5 Å². The van der Waals surface area contributed by atoms with E-state index in [0.29, 0.717) is 5.56 Å². The molecule has 0 aliphatic heterocycles. The summed E-state index contributed by atoms with van der Waals surface area (Å²) in [5.41, 5.74) is 8.39. The first-order chi connectivity index (χ1) is 7.25. The summed E-state index contributed by atoms with van der Waals surface area (Å²) in [5.74, 6) is -0.213. The Morgan fingerprint density at radius 3 is 3.20 bits per heavy atom. The second-order valence-electron chi connectivity index (χ2n) is 2.49. The van der Waals surface area contributed by atoms with Gasteiger partial charge in [0, 0.05) is 11.5 Å². The van der Waals surface area contributed by atoms with Crippen LogP contribution in [0.5, 0.6) is 0 Å². The number of hydrogen-bond donors (Lipinski definition) is 0. The summed E-state index contributed by atoms with van der Waals surface area (Å²) in [6.45, 7) is 0.155. The maximum atomic E-state index is 10.5. The van der Waals surface area contributed by atoms with Crippen molar-refractivity contribution in [1.82, 2.24) is 4.98 Å². The molecule has 0 aliphatic carbocycles. The average Bonchev–Trinajstić information content (AvgIpc) is 2.25. The zero-order valence-electron chi connectivity index (χ0n) is 7.65. The van der Waals surface area contributed by atoms with Crippen LogP contribution < -0.4 is 0 Å². The Morgan fingerprint density at radius 2 is 2.53 bits per heavy atom. The van der Waals surface area contributed by atoms with Crippen molar-refractivity contribution in [2.24, 2.45) is 5.11 Å². The lowest BCUT2D eigenvalue weighted by molar-refractivity contribution is -0.389. The van der Waals surface area contributed by atoms with E-state index in [9.17, 15) is 10.1 Å². The van der Waals surface area contributed by atoms with Crippen LogP contribution in [-0.2, 0) is 0 Å². The van der Waals surface area contributed by atoms with Crippen molar-refractivity contribution >= 4 is 11.9 Å². The fourth-order valence-electron chi connectivity index (χ4n) is 0.955. The van der Waals surface area contributed by atoms with Crippen molar-refractivity contribution in [1.29, 1.82) is 0 Å². The summed E-state index contributed by atoms with van der Waals surface area (Å²) in [7, 11) is 0. The molecule has 1 heterocycles. The molecule has 76 valence electrons. The van der Waals surface area contributed by atoms with Gasteiger partial charge in [-0.15, -0.1) is 0 Å². The third kappa shape index (κ3) is 3.09. The summed E-state index contributed by atoms with van der Waals surface area (Å²) in [6, 6.07) is 3.16. The summed E-state index contributed by atoms with van der Waals surface area (Å²) < 4.78 is 0. The number of pyridine rings is 1. The Balaban J connectivity index is 2.88. The zero-order chi connectivity index (χ0) is 11.1. The van der Waals surface area contributed by atoms with E-state index in [0.717, 1.165) is 0 Å². The number of azide groups is 1. The van der Waals surface area contributed by atoms with Gasteiger partial charge in [-0.25, -0.2) is 0 Å². The fraction of sp³-hybridized carbons (Fsp3) is 0.125. The van der Waals surface area contributed by atoms with E-state index in [-0.39, 0.29) is 12.4 Å². The van der Waals surface area contributed by atoms with Crippen LogP contribution in [0.25, 0.3) is 16.5 Å². The quantitative estimate of drug-likeness (QED) is 0.247. The molecule has 7 nitrogen and oxygen atoms in total. The van der Waals surface area contributed by atoms with Gasteiger partial charge >= 0.3 is 5.82 Å². The molecule has 15 heavy (non-hydrogen) atoms. The van der Waals surface area contributed by atoms with Gasteiger partial charge in [0.05, 0.1) is 5.56 Å². The first-order valence-electron chi connectivity index (χ1n) is 4.02. The molecule has 0 amide bonds. The van der Waals surface area contributed by atoms with Crippen LogP contribution in [0.2, 0.25) is 0 Å². The molecule has 0 bridgehead atoms. The van der Waals surface area contributed by atoms with Crippen molar-refractivity contribution in [3.05, 3.63) is 50.5 Å². The van der Waals surface area contributed by atoms with Gasteiger partial charge in [-0.05, 0) is 27.6 Å². The van der Waals surface area contributed by atoms with Crippen molar-refractivity contribution < 1.29 is 4.92 Å². The molecule has 0 N–H and O–H groups in total. The number of nitrogens with zero attached hydrogens (tertiary/aromatic N) is 5. The Morgan fingerprint density at radius 1 is 1.73 bits per heavy atom. The number of rotatable bonds is 4. The van der Waals surface area contributed by atoms with Gasteiger partial charge < -0.3 is 10.1 Å². The minimum Gasteiger partial charge on any atom is -0.358 e. The van der Waals surface area contributed by atoms with Gasteiger partial charge in [0.1, 0.15) is 6.20 Å². The van der Waals surface area contributed by atoms with Crippen LogP contribution in [-0.4, -0.2) is 16.5 Å². The van der Waals surface area contributed by atoms with E-state index in [1.165, 1.54) is 18.3 Å². The van der Waals surface area contributed by atoms with Crippen LogP contribution in [0.3, 0.4) is 0 Å². The summed E-state index contributed by atoms with van der Waals surface area (Å²) in [4.78, 5) is 16.1.